The van der Waals surface area contributed by atoms with Crippen LogP contribution in [-0.4, -0.2) is 74.4 Å². The molecule has 0 rings (SSSR count). The summed E-state index contributed by atoms with van der Waals surface area (Å²) in [6.45, 7) is 1.33. The summed E-state index contributed by atoms with van der Waals surface area (Å²) in [6.07, 6.45) is -1.17. The van der Waals surface area contributed by atoms with Gasteiger partial charge >= 0.3 is 17.9 Å². The van der Waals surface area contributed by atoms with Crippen molar-refractivity contribution in [2.75, 3.05) is 0 Å². The average molecular weight is 397 g/mol. The highest BCUT2D eigenvalue weighted by molar-refractivity contribution is 5.83. The number of carboxylic acids is 3. The summed E-state index contributed by atoms with van der Waals surface area (Å²) < 4.78 is 0. The SMILES string of the molecule is C[C@@H](O)[C@H](N)C(=O)O.NC(=O)CC[C@H](N)C(=O)O.NC(=O)C[C@H](N)C(=O)O. The highest BCUT2D eigenvalue weighted by Crippen LogP contribution is 1.92. The fourth-order valence-corrected chi connectivity index (χ4v) is 0.932. The van der Waals surface area contributed by atoms with E-state index in [1.807, 2.05) is 0 Å². The van der Waals surface area contributed by atoms with E-state index in [2.05, 4.69) is 5.73 Å². The van der Waals surface area contributed by atoms with Crippen molar-refractivity contribution in [3.05, 3.63) is 0 Å². The van der Waals surface area contributed by atoms with E-state index in [1.165, 1.54) is 6.92 Å². The largest absolute Gasteiger partial charge is 0.480 e. The minimum Gasteiger partial charge on any atom is -0.480 e. The van der Waals surface area contributed by atoms with Crippen LogP contribution in [-0.2, 0) is 24.0 Å². The topological polar surface area (TPSA) is 296 Å². The minimum atomic E-state index is -1.21. The number of carboxylic acid groups (broad SMARTS) is 3. The Morgan fingerprint density at radius 3 is 1.33 bits per heavy atom. The number of carbonyl (C=O) groups is 5. The van der Waals surface area contributed by atoms with Gasteiger partial charge in [0, 0.05) is 6.42 Å². The van der Waals surface area contributed by atoms with E-state index < -0.39 is 54.0 Å². The molecule has 14 N–H and O–H groups in total. The summed E-state index contributed by atoms with van der Waals surface area (Å²) >= 11 is 0. The Hall–Kier alpha value is -2.81. The maximum atomic E-state index is 10.1. The van der Waals surface area contributed by atoms with Crippen LogP contribution in [0.15, 0.2) is 0 Å². The van der Waals surface area contributed by atoms with E-state index in [9.17, 15) is 24.0 Å². The van der Waals surface area contributed by atoms with Crippen LogP contribution in [0.1, 0.15) is 26.2 Å². The normalized spacial score (nSPS) is 14.0. The van der Waals surface area contributed by atoms with Crippen LogP contribution >= 0.6 is 0 Å². The number of aliphatic carboxylic acids is 3. The smallest absolute Gasteiger partial charge is 0.323 e. The van der Waals surface area contributed by atoms with Crippen molar-refractivity contribution in [1.82, 2.24) is 0 Å². The molecule has 0 fully saturated rings. The molecular weight excluding hydrogens is 370 g/mol. The third-order valence-electron chi connectivity index (χ3n) is 2.56. The predicted octanol–water partition coefficient (Wildman–Crippen LogP) is -4.28. The van der Waals surface area contributed by atoms with Gasteiger partial charge in [-0.05, 0) is 13.3 Å². The van der Waals surface area contributed by atoms with Crippen LogP contribution < -0.4 is 28.7 Å². The molecule has 2 amide bonds. The van der Waals surface area contributed by atoms with Crippen molar-refractivity contribution in [3.63, 3.8) is 0 Å². The van der Waals surface area contributed by atoms with E-state index in [0.717, 1.165) is 0 Å². The number of primary amides is 2. The van der Waals surface area contributed by atoms with E-state index in [0.29, 0.717) is 0 Å². The van der Waals surface area contributed by atoms with Crippen molar-refractivity contribution in [3.8, 4) is 0 Å². The number of hydrogen-bond donors (Lipinski definition) is 9. The number of carbonyl (C=O) groups excluding carboxylic acids is 2. The number of hydrogen-bond acceptors (Lipinski definition) is 9. The Balaban J connectivity index is -0.000000322. The molecule has 0 saturated carbocycles. The molecule has 0 aliphatic rings. The van der Waals surface area contributed by atoms with Gasteiger partial charge in [0.1, 0.15) is 18.1 Å². The molecule has 27 heavy (non-hydrogen) atoms. The van der Waals surface area contributed by atoms with Crippen LogP contribution in [0.5, 0.6) is 0 Å². The third kappa shape index (κ3) is 21.1. The molecule has 0 unspecified atom stereocenters. The molecule has 4 atom stereocenters. The monoisotopic (exact) mass is 397 g/mol. The van der Waals surface area contributed by atoms with Crippen LogP contribution in [0.3, 0.4) is 0 Å². The lowest BCUT2D eigenvalue weighted by atomic mass is 10.2. The van der Waals surface area contributed by atoms with Gasteiger partial charge in [0.25, 0.3) is 0 Å². The first kappa shape index (κ1) is 29.0. The molecule has 158 valence electrons. The molecule has 14 nitrogen and oxygen atoms in total. The molecule has 0 aliphatic heterocycles. The van der Waals surface area contributed by atoms with E-state index in [1.54, 1.807) is 0 Å². The molecule has 0 spiro atoms. The Morgan fingerprint density at radius 2 is 1.19 bits per heavy atom. The minimum absolute atomic E-state index is 0.0213. The third-order valence-corrected chi connectivity index (χ3v) is 2.56. The highest BCUT2D eigenvalue weighted by atomic mass is 16.4. The van der Waals surface area contributed by atoms with Crippen molar-refractivity contribution in [2.45, 2.75) is 50.4 Å². The molecule has 0 aliphatic carbocycles. The van der Waals surface area contributed by atoms with Crippen LogP contribution in [0.25, 0.3) is 0 Å². The van der Waals surface area contributed by atoms with E-state index in [-0.39, 0.29) is 19.3 Å². The number of aliphatic hydroxyl groups excluding tert-OH is 1. The second kappa shape index (κ2) is 15.4. The van der Waals surface area contributed by atoms with Crippen LogP contribution in [0.4, 0.5) is 0 Å². The average Bonchev–Trinajstić information content (AvgIpc) is 2.51. The highest BCUT2D eigenvalue weighted by Gasteiger charge is 2.16. The second-order valence-electron chi connectivity index (χ2n) is 5.17. The summed E-state index contributed by atoms with van der Waals surface area (Å²) in [6, 6.07) is -3.30. The fourth-order valence-electron chi connectivity index (χ4n) is 0.932. The first-order valence-electron chi connectivity index (χ1n) is 7.33. The Labute approximate surface area is 154 Å². The Kier molecular flexibility index (Phi) is 16.6. The van der Waals surface area contributed by atoms with Gasteiger partial charge in [-0.15, -0.1) is 0 Å². The zero-order chi connectivity index (χ0) is 22.3. The van der Waals surface area contributed by atoms with Crippen LogP contribution in [0, 0.1) is 0 Å². The van der Waals surface area contributed by atoms with Gasteiger partial charge in [0.05, 0.1) is 12.5 Å². The number of amides is 2. The molecule has 14 heteroatoms. The summed E-state index contributed by atoms with van der Waals surface area (Å²) in [5.41, 5.74) is 24.3. The molecule has 0 radical (unpaired) electrons. The number of nitrogens with two attached hydrogens (primary N) is 5. The van der Waals surface area contributed by atoms with Gasteiger partial charge in [-0.2, -0.15) is 0 Å². The van der Waals surface area contributed by atoms with Gasteiger partial charge in [0.15, 0.2) is 0 Å². The molecule has 0 aromatic carbocycles. The maximum absolute atomic E-state index is 10.1. The van der Waals surface area contributed by atoms with Crippen LogP contribution in [0.2, 0.25) is 0 Å². The molecule has 0 saturated heterocycles. The standard InChI is InChI=1S/C5H10N2O3.C4H8N2O3.C4H9NO3/c6-3(5(9)10)1-2-4(7)8;5-2(4(8)9)1-3(6)7;1-2(6)3(5)4(7)8/h3H,1-2,6H2,(H2,7,8)(H,9,10);2H,1,5H2,(H2,6,7)(H,8,9);2-3,6H,5H2,1H3,(H,7,8)/t3-;2-;2-,3+/m001/s1. The van der Waals surface area contributed by atoms with Crippen molar-refractivity contribution in [1.29, 1.82) is 0 Å². The number of aliphatic hydroxyl groups is 1. The lowest BCUT2D eigenvalue weighted by molar-refractivity contribution is -0.141. The van der Waals surface area contributed by atoms with E-state index >= 15 is 0 Å². The van der Waals surface area contributed by atoms with Gasteiger partial charge in [-0.1, -0.05) is 0 Å². The van der Waals surface area contributed by atoms with Gasteiger partial charge in [-0.25, -0.2) is 0 Å². The molecule has 0 aromatic rings. The fraction of sp³-hybridized carbons (Fsp3) is 0.615. The Morgan fingerprint density at radius 1 is 0.778 bits per heavy atom. The summed E-state index contributed by atoms with van der Waals surface area (Å²) in [7, 11) is 0. The quantitative estimate of drug-likeness (QED) is 0.178. The molecular formula is C13H27N5O9. The predicted molar refractivity (Wildman–Crippen MR) is 90.8 cm³/mol. The zero-order valence-electron chi connectivity index (χ0n) is 14.6. The summed E-state index contributed by atoms with van der Waals surface area (Å²) in [5.74, 6) is -4.74. The lowest BCUT2D eigenvalue weighted by Crippen LogP contribution is -2.39. The van der Waals surface area contributed by atoms with Gasteiger partial charge < -0.3 is 49.1 Å². The van der Waals surface area contributed by atoms with Crippen molar-refractivity contribution >= 4 is 29.7 Å². The summed E-state index contributed by atoms with van der Waals surface area (Å²) in [4.78, 5) is 49.9. The molecule has 0 bridgehead atoms. The maximum Gasteiger partial charge on any atom is 0.323 e. The van der Waals surface area contributed by atoms with Gasteiger partial charge in [-0.3, -0.25) is 24.0 Å². The van der Waals surface area contributed by atoms with Crippen molar-refractivity contribution < 1.29 is 44.4 Å². The first-order chi connectivity index (χ1) is 12.1. The second-order valence-corrected chi connectivity index (χ2v) is 5.17. The lowest BCUT2D eigenvalue weighted by Gasteiger charge is -2.06. The zero-order valence-corrected chi connectivity index (χ0v) is 14.6. The van der Waals surface area contributed by atoms with E-state index in [4.69, 9.17) is 43.4 Å². The number of rotatable bonds is 9. The van der Waals surface area contributed by atoms with Gasteiger partial charge in [0.2, 0.25) is 11.8 Å². The Bertz CT molecular complexity index is 512. The van der Waals surface area contributed by atoms with Crippen molar-refractivity contribution in [2.24, 2.45) is 28.7 Å². The first-order valence-corrected chi connectivity index (χ1v) is 7.33. The molecule has 0 aromatic heterocycles. The molecule has 0 heterocycles. The summed E-state index contributed by atoms with van der Waals surface area (Å²) in [5, 5.41) is 32.9.